The second-order valence-electron chi connectivity index (χ2n) is 3.72. The molecule has 1 aliphatic heterocycles. The summed E-state index contributed by atoms with van der Waals surface area (Å²) in [5, 5.41) is 4.48. The van der Waals surface area contributed by atoms with Crippen molar-refractivity contribution in [2.24, 2.45) is 4.99 Å². The van der Waals surface area contributed by atoms with Crippen LogP contribution in [0.15, 0.2) is 4.99 Å². The van der Waals surface area contributed by atoms with Crippen molar-refractivity contribution in [3.8, 4) is 0 Å². The van der Waals surface area contributed by atoms with Crippen LogP contribution in [0.3, 0.4) is 0 Å². The minimum atomic E-state index is 0.834. The highest BCUT2D eigenvalue weighted by molar-refractivity contribution is 7.11. The van der Waals surface area contributed by atoms with Gasteiger partial charge in [-0.1, -0.05) is 0 Å². The molecule has 4 nitrogen and oxygen atoms in total. The highest BCUT2D eigenvalue weighted by Gasteiger charge is 2.12. The van der Waals surface area contributed by atoms with E-state index in [0.717, 1.165) is 36.3 Å². The summed E-state index contributed by atoms with van der Waals surface area (Å²) in [4.78, 5) is 12.2. The van der Waals surface area contributed by atoms with Gasteiger partial charge in [-0.3, -0.25) is 4.99 Å². The Morgan fingerprint density at radius 2 is 2.27 bits per heavy atom. The molecule has 1 N–H and O–H groups in total. The standard InChI is InChI=1S/C10H16N4S/c1-7-9(15-8(2)13-7)6-12-10-11-4-5-14(10)3/h4-6H2,1-3H3,(H,11,12). The van der Waals surface area contributed by atoms with Crippen LogP contribution >= 0.6 is 11.3 Å². The number of hydrogen-bond acceptors (Lipinski definition) is 5. The number of thiazole rings is 1. The first kappa shape index (κ1) is 10.4. The van der Waals surface area contributed by atoms with E-state index in [2.05, 4.69) is 34.2 Å². The highest BCUT2D eigenvalue weighted by Crippen LogP contribution is 2.16. The lowest BCUT2D eigenvalue weighted by Gasteiger charge is -2.14. The van der Waals surface area contributed by atoms with Gasteiger partial charge in [-0.15, -0.1) is 11.3 Å². The van der Waals surface area contributed by atoms with E-state index < -0.39 is 0 Å². The van der Waals surface area contributed by atoms with Gasteiger partial charge in [-0.2, -0.15) is 0 Å². The zero-order chi connectivity index (χ0) is 10.8. The molecule has 1 aromatic rings. The predicted octanol–water partition coefficient (Wildman–Crippen LogP) is 1.15. The van der Waals surface area contributed by atoms with E-state index in [0.29, 0.717) is 0 Å². The molecule has 1 aromatic heterocycles. The molecule has 0 atom stereocenters. The topological polar surface area (TPSA) is 40.5 Å². The molecule has 0 saturated carbocycles. The Kier molecular flexibility index (Phi) is 2.90. The lowest BCUT2D eigenvalue weighted by Crippen LogP contribution is -2.35. The summed E-state index contributed by atoms with van der Waals surface area (Å²) < 4.78 is 0. The Labute approximate surface area is 94.0 Å². The zero-order valence-corrected chi connectivity index (χ0v) is 10.2. The monoisotopic (exact) mass is 224 g/mol. The maximum absolute atomic E-state index is 4.40. The van der Waals surface area contributed by atoms with Crippen molar-refractivity contribution in [3.63, 3.8) is 0 Å². The van der Waals surface area contributed by atoms with Crippen LogP contribution in [0.1, 0.15) is 15.6 Å². The summed E-state index contributed by atoms with van der Waals surface area (Å²) in [7, 11) is 2.06. The van der Waals surface area contributed by atoms with Crippen LogP contribution in [0, 0.1) is 13.8 Å². The smallest absolute Gasteiger partial charge is 0.194 e. The van der Waals surface area contributed by atoms with Crippen molar-refractivity contribution in [1.29, 1.82) is 0 Å². The minimum absolute atomic E-state index is 0.834. The number of likely N-dealkylation sites (N-methyl/N-ethyl adjacent to an activating group) is 1. The van der Waals surface area contributed by atoms with E-state index in [1.807, 2.05) is 6.92 Å². The van der Waals surface area contributed by atoms with Gasteiger partial charge >= 0.3 is 0 Å². The first-order chi connectivity index (χ1) is 7.16. The normalized spacial score (nSPS) is 15.7. The van der Waals surface area contributed by atoms with Gasteiger partial charge in [0.05, 0.1) is 23.8 Å². The maximum atomic E-state index is 4.40. The fourth-order valence-electron chi connectivity index (χ4n) is 1.62. The third kappa shape index (κ3) is 2.28. The average molecular weight is 224 g/mol. The Morgan fingerprint density at radius 3 is 2.80 bits per heavy atom. The third-order valence-electron chi connectivity index (χ3n) is 2.47. The van der Waals surface area contributed by atoms with E-state index in [4.69, 9.17) is 0 Å². The van der Waals surface area contributed by atoms with E-state index in [-0.39, 0.29) is 0 Å². The fraction of sp³-hybridized carbons (Fsp3) is 0.600. The first-order valence-electron chi connectivity index (χ1n) is 5.09. The number of aryl methyl sites for hydroxylation is 2. The molecule has 0 spiro atoms. The molecule has 0 fully saturated rings. The van der Waals surface area contributed by atoms with Gasteiger partial charge in [0, 0.05) is 18.5 Å². The maximum Gasteiger partial charge on any atom is 0.194 e. The molecule has 2 heterocycles. The molecule has 1 aliphatic rings. The van der Waals surface area contributed by atoms with Gasteiger partial charge in [0.1, 0.15) is 0 Å². The molecule has 0 bridgehead atoms. The summed E-state index contributed by atoms with van der Waals surface area (Å²) >= 11 is 1.75. The molecular weight excluding hydrogens is 208 g/mol. The summed E-state index contributed by atoms with van der Waals surface area (Å²) in [6.07, 6.45) is 0. The summed E-state index contributed by atoms with van der Waals surface area (Å²) in [6.45, 7) is 6.85. The summed E-state index contributed by atoms with van der Waals surface area (Å²) in [5.41, 5.74) is 1.13. The van der Waals surface area contributed by atoms with E-state index in [1.165, 1.54) is 4.88 Å². The van der Waals surface area contributed by atoms with Gasteiger partial charge in [-0.25, -0.2) is 4.98 Å². The molecule has 82 valence electrons. The molecule has 0 amide bonds. The molecular formula is C10H16N4S. The summed E-state index contributed by atoms with van der Waals surface area (Å²) in [6, 6.07) is 0. The molecule has 0 unspecified atom stereocenters. The lowest BCUT2D eigenvalue weighted by molar-refractivity contribution is 0.534. The second-order valence-corrected chi connectivity index (χ2v) is 5.01. The molecule has 0 aromatic carbocycles. The largest absolute Gasteiger partial charge is 0.351 e. The van der Waals surface area contributed by atoms with Gasteiger partial charge in [-0.05, 0) is 13.8 Å². The van der Waals surface area contributed by atoms with Gasteiger partial charge in [0.15, 0.2) is 5.96 Å². The number of guanidine groups is 1. The van der Waals surface area contributed by atoms with Crippen molar-refractivity contribution in [1.82, 2.24) is 15.2 Å². The average Bonchev–Trinajstić information content (AvgIpc) is 2.70. The van der Waals surface area contributed by atoms with Crippen LogP contribution in [-0.2, 0) is 6.54 Å². The first-order valence-corrected chi connectivity index (χ1v) is 5.91. The molecule has 0 aliphatic carbocycles. The second kappa shape index (κ2) is 4.18. The Bertz CT molecular complexity index is 383. The number of nitrogens with one attached hydrogen (secondary N) is 1. The van der Waals surface area contributed by atoms with Crippen LogP contribution in [0.4, 0.5) is 0 Å². The third-order valence-corrected chi connectivity index (χ3v) is 3.54. The number of aliphatic imine (C=N–C) groups is 1. The van der Waals surface area contributed by atoms with E-state index >= 15 is 0 Å². The Morgan fingerprint density at radius 1 is 1.47 bits per heavy atom. The molecule has 5 heteroatoms. The van der Waals surface area contributed by atoms with Crippen molar-refractivity contribution in [2.45, 2.75) is 20.4 Å². The number of rotatable bonds is 2. The van der Waals surface area contributed by atoms with Crippen molar-refractivity contribution in [2.75, 3.05) is 20.1 Å². The molecule has 2 rings (SSSR count). The van der Waals surface area contributed by atoms with Crippen molar-refractivity contribution in [3.05, 3.63) is 15.6 Å². The minimum Gasteiger partial charge on any atom is -0.351 e. The van der Waals surface area contributed by atoms with Crippen LogP contribution in [0.2, 0.25) is 0 Å². The number of hydrogen-bond donors (Lipinski definition) is 1. The lowest BCUT2D eigenvalue weighted by atomic mass is 10.4. The molecule has 0 radical (unpaired) electrons. The number of nitrogens with zero attached hydrogens (tertiary/aromatic N) is 3. The van der Waals surface area contributed by atoms with Crippen LogP contribution < -0.4 is 5.32 Å². The highest BCUT2D eigenvalue weighted by atomic mass is 32.1. The van der Waals surface area contributed by atoms with Crippen LogP contribution in [-0.4, -0.2) is 36.0 Å². The molecule has 0 saturated heterocycles. The van der Waals surface area contributed by atoms with Gasteiger partial charge in [0.2, 0.25) is 0 Å². The number of aromatic nitrogens is 1. The van der Waals surface area contributed by atoms with Crippen LogP contribution in [0.25, 0.3) is 0 Å². The van der Waals surface area contributed by atoms with Crippen LogP contribution in [0.5, 0.6) is 0 Å². The SMILES string of the molecule is Cc1nc(C)c(CNC2=NCCN2C)s1. The van der Waals surface area contributed by atoms with E-state index in [9.17, 15) is 0 Å². The Hall–Kier alpha value is -1.10. The van der Waals surface area contributed by atoms with Gasteiger partial charge < -0.3 is 10.2 Å². The van der Waals surface area contributed by atoms with Crippen molar-refractivity contribution < 1.29 is 0 Å². The fourth-order valence-corrected chi connectivity index (χ4v) is 2.50. The van der Waals surface area contributed by atoms with Crippen molar-refractivity contribution >= 4 is 17.3 Å². The molecule has 15 heavy (non-hydrogen) atoms. The van der Waals surface area contributed by atoms with E-state index in [1.54, 1.807) is 11.3 Å². The predicted molar refractivity (Wildman–Crippen MR) is 63.4 cm³/mol. The van der Waals surface area contributed by atoms with Gasteiger partial charge in [0.25, 0.3) is 0 Å². The quantitative estimate of drug-likeness (QED) is 0.819. The zero-order valence-electron chi connectivity index (χ0n) is 9.37. The Balaban J connectivity index is 1.96. The summed E-state index contributed by atoms with van der Waals surface area (Å²) in [5.74, 6) is 1.00.